The molecule has 0 fully saturated rings. The maximum absolute atomic E-state index is 10.8. The molecule has 0 radical (unpaired) electrons. The molecule has 0 amide bonds. The lowest BCUT2D eigenvalue weighted by atomic mass is 10.0. The molecule has 0 unspecified atom stereocenters. The van der Waals surface area contributed by atoms with E-state index >= 15 is 0 Å². The smallest absolute Gasteiger partial charge is 0.354 e. The van der Waals surface area contributed by atoms with E-state index in [1.165, 1.54) is 6.20 Å². The molecule has 0 aliphatic heterocycles. The summed E-state index contributed by atoms with van der Waals surface area (Å²) in [7, 11) is 0. The Morgan fingerprint density at radius 2 is 2.17 bits per heavy atom. The predicted octanol–water partition coefficient (Wildman–Crippen LogP) is 3.11. The number of rotatable bonds is 7. The van der Waals surface area contributed by atoms with Gasteiger partial charge in [0.05, 0.1) is 0 Å². The molecule has 0 aliphatic carbocycles. The van der Waals surface area contributed by atoms with Crippen LogP contribution in [0.25, 0.3) is 0 Å². The van der Waals surface area contributed by atoms with Crippen LogP contribution in [-0.4, -0.2) is 33.6 Å². The minimum atomic E-state index is -0.999. The number of carboxylic acid groups (broad SMARTS) is 1. The minimum absolute atomic E-state index is 0.0720. The highest BCUT2D eigenvalue weighted by Crippen LogP contribution is 2.30. The van der Waals surface area contributed by atoms with Crippen LogP contribution in [0.4, 0.5) is 5.69 Å². The molecule has 100 valence electrons. The SMILES string of the molecule is CCC(CC)(CNc1ccnc(C(=O)O)c1)SC. The first kappa shape index (κ1) is 14.8. The summed E-state index contributed by atoms with van der Waals surface area (Å²) in [6.07, 6.45) is 5.79. The Morgan fingerprint density at radius 1 is 1.50 bits per heavy atom. The zero-order valence-corrected chi connectivity index (χ0v) is 11.9. The molecule has 18 heavy (non-hydrogen) atoms. The largest absolute Gasteiger partial charge is 0.477 e. The van der Waals surface area contributed by atoms with Crippen LogP contribution >= 0.6 is 11.8 Å². The number of carboxylic acids is 1. The Balaban J connectivity index is 2.73. The molecule has 0 spiro atoms. The summed E-state index contributed by atoms with van der Waals surface area (Å²) in [6, 6.07) is 3.36. The number of pyridine rings is 1. The molecule has 1 heterocycles. The summed E-state index contributed by atoms with van der Waals surface area (Å²) < 4.78 is 0.201. The van der Waals surface area contributed by atoms with E-state index in [0.29, 0.717) is 0 Å². The topological polar surface area (TPSA) is 62.2 Å². The van der Waals surface area contributed by atoms with Crippen LogP contribution in [0.15, 0.2) is 18.3 Å². The number of thioether (sulfide) groups is 1. The van der Waals surface area contributed by atoms with Crippen molar-refractivity contribution in [1.29, 1.82) is 0 Å². The van der Waals surface area contributed by atoms with Gasteiger partial charge >= 0.3 is 5.97 Å². The third-order valence-electron chi connectivity index (χ3n) is 3.32. The maximum atomic E-state index is 10.8. The van der Waals surface area contributed by atoms with E-state index < -0.39 is 5.97 Å². The van der Waals surface area contributed by atoms with Crippen LogP contribution < -0.4 is 5.32 Å². The summed E-state index contributed by atoms with van der Waals surface area (Å²) in [5, 5.41) is 12.2. The van der Waals surface area contributed by atoms with Gasteiger partial charge < -0.3 is 10.4 Å². The lowest BCUT2D eigenvalue weighted by molar-refractivity contribution is 0.0690. The van der Waals surface area contributed by atoms with Gasteiger partial charge in [0, 0.05) is 23.2 Å². The quantitative estimate of drug-likeness (QED) is 0.795. The molecule has 5 heteroatoms. The summed E-state index contributed by atoms with van der Waals surface area (Å²) in [4.78, 5) is 14.6. The molecule has 2 N–H and O–H groups in total. The van der Waals surface area contributed by atoms with Gasteiger partial charge in [-0.1, -0.05) is 13.8 Å². The number of hydrogen-bond acceptors (Lipinski definition) is 4. The lowest BCUT2D eigenvalue weighted by Gasteiger charge is -2.30. The average molecular weight is 268 g/mol. The Kier molecular flexibility index (Phi) is 5.47. The number of hydrogen-bond donors (Lipinski definition) is 2. The summed E-state index contributed by atoms with van der Waals surface area (Å²) in [6.45, 7) is 5.18. The molecule has 0 saturated carbocycles. The van der Waals surface area contributed by atoms with Crippen molar-refractivity contribution in [2.45, 2.75) is 31.4 Å². The molecule has 0 aromatic carbocycles. The fourth-order valence-corrected chi connectivity index (χ4v) is 2.58. The van der Waals surface area contributed by atoms with Crippen molar-refractivity contribution in [2.24, 2.45) is 0 Å². The fourth-order valence-electron chi connectivity index (χ4n) is 1.78. The third kappa shape index (κ3) is 3.63. The average Bonchev–Trinajstić information content (AvgIpc) is 2.41. The second-order valence-electron chi connectivity index (χ2n) is 4.18. The van der Waals surface area contributed by atoms with Gasteiger partial charge in [0.15, 0.2) is 0 Å². The minimum Gasteiger partial charge on any atom is -0.477 e. The van der Waals surface area contributed by atoms with Crippen LogP contribution in [0.1, 0.15) is 37.2 Å². The van der Waals surface area contributed by atoms with Crippen molar-refractivity contribution in [3.05, 3.63) is 24.0 Å². The van der Waals surface area contributed by atoms with Crippen LogP contribution in [0, 0.1) is 0 Å². The molecule has 1 rings (SSSR count). The molecule has 4 nitrogen and oxygen atoms in total. The van der Waals surface area contributed by atoms with Crippen molar-refractivity contribution in [1.82, 2.24) is 4.98 Å². The van der Waals surface area contributed by atoms with Gasteiger partial charge in [0.1, 0.15) is 5.69 Å². The first-order valence-electron chi connectivity index (χ1n) is 6.05. The third-order valence-corrected chi connectivity index (χ3v) is 4.90. The first-order chi connectivity index (χ1) is 8.56. The standard InChI is InChI=1S/C13H20N2O2S/c1-4-13(5-2,18-3)9-15-10-6-7-14-11(8-10)12(16)17/h6-8H,4-5,9H2,1-3H3,(H,14,15)(H,16,17). The molecular formula is C13H20N2O2S. The zero-order valence-electron chi connectivity index (χ0n) is 11.1. The molecular weight excluding hydrogens is 248 g/mol. The Hall–Kier alpha value is -1.23. The number of anilines is 1. The van der Waals surface area contributed by atoms with Gasteiger partial charge in [-0.2, -0.15) is 11.8 Å². The van der Waals surface area contributed by atoms with E-state index in [9.17, 15) is 4.79 Å². The number of aromatic nitrogens is 1. The van der Waals surface area contributed by atoms with E-state index in [1.54, 1.807) is 12.1 Å². The first-order valence-corrected chi connectivity index (χ1v) is 7.27. The van der Waals surface area contributed by atoms with E-state index in [4.69, 9.17) is 5.11 Å². The number of aromatic carboxylic acids is 1. The molecule has 0 bridgehead atoms. The number of carbonyl (C=O) groups is 1. The van der Waals surface area contributed by atoms with Crippen molar-refractivity contribution >= 4 is 23.4 Å². The Bertz CT molecular complexity index is 397. The second kappa shape index (κ2) is 6.64. The van der Waals surface area contributed by atoms with Crippen molar-refractivity contribution in [3.63, 3.8) is 0 Å². The Morgan fingerprint density at radius 3 is 2.67 bits per heavy atom. The lowest BCUT2D eigenvalue weighted by Crippen LogP contribution is -2.32. The normalized spacial score (nSPS) is 11.3. The van der Waals surface area contributed by atoms with E-state index in [0.717, 1.165) is 25.1 Å². The van der Waals surface area contributed by atoms with Crippen LogP contribution in [0.5, 0.6) is 0 Å². The van der Waals surface area contributed by atoms with Gasteiger partial charge in [-0.15, -0.1) is 0 Å². The molecule has 1 aromatic heterocycles. The molecule has 0 atom stereocenters. The Labute approximate surface area is 112 Å². The fraction of sp³-hybridized carbons (Fsp3) is 0.538. The van der Waals surface area contributed by atoms with Crippen LogP contribution in [0.2, 0.25) is 0 Å². The molecule has 1 aromatic rings. The van der Waals surface area contributed by atoms with Gasteiger partial charge in [0.2, 0.25) is 0 Å². The molecule has 0 saturated heterocycles. The highest BCUT2D eigenvalue weighted by Gasteiger charge is 2.24. The van der Waals surface area contributed by atoms with Gasteiger partial charge in [-0.25, -0.2) is 9.78 Å². The highest BCUT2D eigenvalue weighted by molar-refractivity contribution is 8.00. The second-order valence-corrected chi connectivity index (χ2v) is 5.46. The van der Waals surface area contributed by atoms with Gasteiger partial charge in [-0.05, 0) is 31.2 Å². The summed E-state index contributed by atoms with van der Waals surface area (Å²) in [5.74, 6) is -0.999. The van der Waals surface area contributed by atoms with Crippen molar-refractivity contribution in [2.75, 3.05) is 18.1 Å². The van der Waals surface area contributed by atoms with Gasteiger partial charge in [0.25, 0.3) is 0 Å². The highest BCUT2D eigenvalue weighted by atomic mass is 32.2. The number of nitrogens with zero attached hydrogens (tertiary/aromatic N) is 1. The summed E-state index contributed by atoms with van der Waals surface area (Å²) >= 11 is 1.85. The van der Waals surface area contributed by atoms with Crippen molar-refractivity contribution < 1.29 is 9.90 Å². The maximum Gasteiger partial charge on any atom is 0.354 e. The predicted molar refractivity (Wildman–Crippen MR) is 76.5 cm³/mol. The van der Waals surface area contributed by atoms with Gasteiger partial charge in [-0.3, -0.25) is 0 Å². The monoisotopic (exact) mass is 268 g/mol. The van der Waals surface area contributed by atoms with Crippen LogP contribution in [0.3, 0.4) is 0 Å². The van der Waals surface area contributed by atoms with E-state index in [-0.39, 0.29) is 10.4 Å². The summed E-state index contributed by atoms with van der Waals surface area (Å²) in [5.41, 5.74) is 0.880. The molecule has 0 aliphatic rings. The van der Waals surface area contributed by atoms with Crippen molar-refractivity contribution in [3.8, 4) is 0 Å². The van der Waals surface area contributed by atoms with Crippen LogP contribution in [-0.2, 0) is 0 Å². The van der Waals surface area contributed by atoms with E-state index in [1.807, 2.05) is 11.8 Å². The van der Waals surface area contributed by atoms with E-state index in [2.05, 4.69) is 30.4 Å². The number of nitrogens with one attached hydrogen (secondary N) is 1. The zero-order chi connectivity index (χ0) is 13.6.